The molecule has 0 rings (SSSR count). The Kier molecular flexibility index (Phi) is 9.18. The van der Waals surface area contributed by atoms with Gasteiger partial charge in [0, 0.05) is 13.1 Å². The van der Waals surface area contributed by atoms with Crippen molar-refractivity contribution in [2.75, 3.05) is 40.4 Å². The fraction of sp³-hybridized carbons (Fsp3) is 0.909. The zero-order chi connectivity index (χ0) is 12.4. The smallest absolute Gasteiger partial charge is 0.236 e. The molecule has 0 saturated heterocycles. The van der Waals surface area contributed by atoms with Crippen LogP contribution in [0.5, 0.6) is 0 Å². The van der Waals surface area contributed by atoms with Crippen LogP contribution in [0, 0.1) is 0 Å². The number of rotatable bonds is 9. The van der Waals surface area contributed by atoms with Crippen LogP contribution in [0.4, 0.5) is 0 Å². The van der Waals surface area contributed by atoms with Crippen molar-refractivity contribution in [2.24, 2.45) is 5.73 Å². The fourth-order valence-electron chi connectivity index (χ4n) is 1.17. The van der Waals surface area contributed by atoms with Gasteiger partial charge in [-0.2, -0.15) is 0 Å². The van der Waals surface area contributed by atoms with Gasteiger partial charge in [0.1, 0.15) is 0 Å². The molecule has 0 aromatic carbocycles. The number of likely N-dealkylation sites (N-methyl/N-ethyl adjacent to an activating group) is 1. The molecular weight excluding hydrogens is 206 g/mol. The predicted octanol–water partition coefficient (Wildman–Crippen LogP) is -0.192. The SMILES string of the molecule is CCCC(N)C(=O)NCCOCCN(C)C. The van der Waals surface area contributed by atoms with Gasteiger partial charge in [0.2, 0.25) is 5.91 Å². The van der Waals surface area contributed by atoms with Crippen molar-refractivity contribution < 1.29 is 9.53 Å². The van der Waals surface area contributed by atoms with Crippen LogP contribution in [0.3, 0.4) is 0 Å². The maximum absolute atomic E-state index is 11.4. The van der Waals surface area contributed by atoms with E-state index in [-0.39, 0.29) is 11.9 Å². The summed E-state index contributed by atoms with van der Waals surface area (Å²) in [6, 6.07) is -0.383. The van der Waals surface area contributed by atoms with E-state index in [1.54, 1.807) is 0 Å². The first-order chi connectivity index (χ1) is 7.57. The molecule has 0 fully saturated rings. The van der Waals surface area contributed by atoms with E-state index in [2.05, 4.69) is 10.2 Å². The third-order valence-corrected chi connectivity index (χ3v) is 2.16. The van der Waals surface area contributed by atoms with E-state index in [1.807, 2.05) is 21.0 Å². The number of nitrogens with two attached hydrogens (primary N) is 1. The van der Waals surface area contributed by atoms with Crippen molar-refractivity contribution in [1.29, 1.82) is 0 Å². The average molecular weight is 231 g/mol. The first-order valence-electron chi connectivity index (χ1n) is 5.83. The van der Waals surface area contributed by atoms with Crippen molar-refractivity contribution >= 4 is 5.91 Å². The van der Waals surface area contributed by atoms with Crippen LogP contribution in [-0.4, -0.2) is 57.2 Å². The van der Waals surface area contributed by atoms with E-state index in [0.717, 1.165) is 19.4 Å². The normalized spacial score (nSPS) is 12.8. The summed E-state index contributed by atoms with van der Waals surface area (Å²) < 4.78 is 5.34. The Morgan fingerprint density at radius 1 is 1.44 bits per heavy atom. The van der Waals surface area contributed by atoms with Crippen LogP contribution in [0.1, 0.15) is 19.8 Å². The Labute approximate surface area is 98.3 Å². The van der Waals surface area contributed by atoms with Crippen molar-refractivity contribution in [1.82, 2.24) is 10.2 Å². The van der Waals surface area contributed by atoms with E-state index in [9.17, 15) is 4.79 Å². The van der Waals surface area contributed by atoms with Crippen molar-refractivity contribution in [3.8, 4) is 0 Å². The maximum atomic E-state index is 11.4. The van der Waals surface area contributed by atoms with Crippen LogP contribution in [0.25, 0.3) is 0 Å². The zero-order valence-corrected chi connectivity index (χ0v) is 10.7. The summed E-state index contributed by atoms with van der Waals surface area (Å²) in [5.41, 5.74) is 5.65. The number of amides is 1. The number of nitrogens with zero attached hydrogens (tertiary/aromatic N) is 1. The lowest BCUT2D eigenvalue weighted by atomic mass is 10.2. The van der Waals surface area contributed by atoms with Crippen LogP contribution in [0.15, 0.2) is 0 Å². The van der Waals surface area contributed by atoms with Gasteiger partial charge in [0.25, 0.3) is 0 Å². The monoisotopic (exact) mass is 231 g/mol. The molecule has 16 heavy (non-hydrogen) atoms. The van der Waals surface area contributed by atoms with Gasteiger partial charge in [0.15, 0.2) is 0 Å². The number of hydrogen-bond acceptors (Lipinski definition) is 4. The first-order valence-corrected chi connectivity index (χ1v) is 5.83. The van der Waals surface area contributed by atoms with Gasteiger partial charge in [-0.25, -0.2) is 0 Å². The van der Waals surface area contributed by atoms with Crippen molar-refractivity contribution in [3.05, 3.63) is 0 Å². The number of carbonyl (C=O) groups is 1. The number of carbonyl (C=O) groups excluding carboxylic acids is 1. The Balaban J connectivity index is 3.34. The molecule has 0 aliphatic heterocycles. The standard InChI is InChI=1S/C11H25N3O2/c1-4-5-10(12)11(15)13-6-8-16-9-7-14(2)3/h10H,4-9,12H2,1-3H3,(H,13,15). The third-order valence-electron chi connectivity index (χ3n) is 2.16. The van der Waals surface area contributed by atoms with E-state index in [4.69, 9.17) is 10.5 Å². The highest BCUT2D eigenvalue weighted by atomic mass is 16.5. The summed E-state index contributed by atoms with van der Waals surface area (Å²) >= 11 is 0. The first kappa shape index (κ1) is 15.3. The Bertz CT molecular complexity index is 186. The molecule has 96 valence electrons. The zero-order valence-electron chi connectivity index (χ0n) is 10.7. The lowest BCUT2D eigenvalue weighted by Crippen LogP contribution is -2.41. The molecule has 0 aromatic rings. The molecule has 3 N–H and O–H groups in total. The molecule has 5 heteroatoms. The molecule has 0 heterocycles. The topological polar surface area (TPSA) is 67.6 Å². The third kappa shape index (κ3) is 8.64. The molecule has 0 aromatic heterocycles. The fourth-order valence-corrected chi connectivity index (χ4v) is 1.17. The van der Waals surface area contributed by atoms with Crippen molar-refractivity contribution in [2.45, 2.75) is 25.8 Å². The second-order valence-corrected chi connectivity index (χ2v) is 4.10. The number of hydrogen-bond donors (Lipinski definition) is 2. The van der Waals surface area contributed by atoms with Crippen LogP contribution >= 0.6 is 0 Å². The van der Waals surface area contributed by atoms with Crippen LogP contribution < -0.4 is 11.1 Å². The summed E-state index contributed by atoms with van der Waals surface area (Å²) in [5.74, 6) is -0.0851. The van der Waals surface area contributed by atoms with E-state index in [1.165, 1.54) is 0 Å². The second kappa shape index (κ2) is 9.57. The minimum atomic E-state index is -0.383. The van der Waals surface area contributed by atoms with E-state index < -0.39 is 0 Å². The number of nitrogens with one attached hydrogen (secondary N) is 1. The van der Waals surface area contributed by atoms with Crippen molar-refractivity contribution in [3.63, 3.8) is 0 Å². The van der Waals surface area contributed by atoms with Crippen LogP contribution in [-0.2, 0) is 9.53 Å². The van der Waals surface area contributed by atoms with Gasteiger partial charge in [-0.1, -0.05) is 13.3 Å². The Morgan fingerprint density at radius 2 is 2.12 bits per heavy atom. The summed E-state index contributed by atoms with van der Waals surface area (Å²) in [6.07, 6.45) is 1.65. The molecule has 1 atom stereocenters. The highest BCUT2D eigenvalue weighted by Gasteiger charge is 2.10. The molecule has 0 saturated carbocycles. The van der Waals surface area contributed by atoms with Gasteiger partial charge in [-0.05, 0) is 20.5 Å². The molecule has 0 aliphatic rings. The van der Waals surface area contributed by atoms with Gasteiger partial charge >= 0.3 is 0 Å². The minimum Gasteiger partial charge on any atom is -0.378 e. The lowest BCUT2D eigenvalue weighted by Gasteiger charge is -2.12. The predicted molar refractivity (Wildman–Crippen MR) is 65.3 cm³/mol. The summed E-state index contributed by atoms with van der Waals surface area (Å²) in [7, 11) is 3.99. The molecule has 0 aliphatic carbocycles. The molecule has 1 amide bonds. The quantitative estimate of drug-likeness (QED) is 0.540. The molecule has 0 radical (unpaired) electrons. The molecular formula is C11H25N3O2. The van der Waals surface area contributed by atoms with Crippen LogP contribution in [0.2, 0.25) is 0 Å². The summed E-state index contributed by atoms with van der Waals surface area (Å²) in [5, 5.41) is 2.75. The maximum Gasteiger partial charge on any atom is 0.236 e. The molecule has 0 bridgehead atoms. The number of ether oxygens (including phenoxy) is 1. The summed E-state index contributed by atoms with van der Waals surface area (Å²) in [6.45, 7) is 4.66. The summed E-state index contributed by atoms with van der Waals surface area (Å²) in [4.78, 5) is 13.4. The van der Waals surface area contributed by atoms with Gasteiger partial charge in [0.05, 0.1) is 19.3 Å². The highest BCUT2D eigenvalue weighted by Crippen LogP contribution is 1.92. The second-order valence-electron chi connectivity index (χ2n) is 4.10. The lowest BCUT2D eigenvalue weighted by molar-refractivity contribution is -0.122. The van der Waals surface area contributed by atoms with Gasteiger partial charge in [-0.3, -0.25) is 4.79 Å². The largest absolute Gasteiger partial charge is 0.378 e. The molecule has 5 nitrogen and oxygen atoms in total. The molecule has 0 spiro atoms. The van der Waals surface area contributed by atoms with Gasteiger partial charge < -0.3 is 20.7 Å². The molecule has 1 unspecified atom stereocenters. The average Bonchev–Trinajstić information content (AvgIpc) is 2.22. The Morgan fingerprint density at radius 3 is 2.69 bits per heavy atom. The Hall–Kier alpha value is -0.650. The van der Waals surface area contributed by atoms with E-state index >= 15 is 0 Å². The van der Waals surface area contributed by atoms with E-state index in [0.29, 0.717) is 19.8 Å². The minimum absolute atomic E-state index is 0.0851. The highest BCUT2D eigenvalue weighted by molar-refractivity contribution is 5.81. The van der Waals surface area contributed by atoms with Gasteiger partial charge in [-0.15, -0.1) is 0 Å².